The Labute approximate surface area is 328 Å². The Hall–Kier alpha value is -3.88. The largest absolute Gasteiger partial charge is 0.464 e. The smallest absolute Gasteiger partial charge is 0.406 e. The maximum Gasteiger partial charge on any atom is 0.406 e. The number of halogens is 4. The van der Waals surface area contributed by atoms with Crippen molar-refractivity contribution >= 4 is 46.4 Å². The monoisotopic (exact) mass is 792 g/mol. The van der Waals surface area contributed by atoms with Crippen LogP contribution in [0.3, 0.4) is 0 Å². The van der Waals surface area contributed by atoms with Gasteiger partial charge < -0.3 is 15.0 Å². The van der Waals surface area contributed by atoms with E-state index in [-0.39, 0.29) is 53.4 Å². The van der Waals surface area contributed by atoms with Gasteiger partial charge in [-0.2, -0.15) is 13.2 Å². The van der Waals surface area contributed by atoms with E-state index in [1.807, 2.05) is 62.3 Å². The summed E-state index contributed by atoms with van der Waals surface area (Å²) >= 11 is 1.28. The molecule has 0 radical (unpaired) electrons. The van der Waals surface area contributed by atoms with E-state index in [4.69, 9.17) is 10.5 Å². The number of nitrogens with one attached hydrogen (secondary N) is 1. The number of thiazole rings is 1. The zero-order chi connectivity index (χ0) is 41.7. The molecule has 14 heteroatoms. The van der Waals surface area contributed by atoms with E-state index in [9.17, 15) is 22.8 Å². The first-order chi connectivity index (χ1) is 25.9. The van der Waals surface area contributed by atoms with Crippen molar-refractivity contribution in [3.05, 3.63) is 57.4 Å². The predicted octanol–water partition coefficient (Wildman–Crippen LogP) is 9.68. The molecule has 4 heterocycles. The Morgan fingerprint density at radius 1 is 1.20 bits per heavy atom. The van der Waals surface area contributed by atoms with E-state index in [1.165, 1.54) is 28.5 Å². The van der Waals surface area contributed by atoms with Crippen molar-refractivity contribution in [3.63, 3.8) is 0 Å². The number of rotatable bonds is 5. The maximum atomic E-state index is 16.9. The molecule has 1 amide bonds. The molecular weight excluding hydrogens is 733 g/mol. The average molecular weight is 793 g/mol. The van der Waals surface area contributed by atoms with Gasteiger partial charge in [0.05, 0.1) is 22.8 Å². The highest BCUT2D eigenvalue weighted by atomic mass is 32.1. The lowest BCUT2D eigenvalue weighted by Crippen LogP contribution is -2.55. The van der Waals surface area contributed by atoms with Crippen LogP contribution in [0, 0.1) is 17.2 Å². The van der Waals surface area contributed by atoms with Crippen LogP contribution in [0.4, 0.5) is 17.6 Å². The summed E-state index contributed by atoms with van der Waals surface area (Å²) in [5, 5.41) is 3.80. The zero-order valence-electron chi connectivity index (χ0n) is 34.1. The number of hydrogen-bond donors (Lipinski definition) is 2. The molecule has 1 saturated heterocycles. The fourth-order valence-corrected chi connectivity index (χ4v) is 6.80. The number of allylic oxidation sites excluding steroid dienone is 2. The van der Waals surface area contributed by atoms with Gasteiger partial charge in [-0.3, -0.25) is 19.6 Å². The molecular formula is C41H60F4N6O3S. The molecule has 1 atom stereocenters. The predicted molar refractivity (Wildman–Crippen MR) is 217 cm³/mol. The van der Waals surface area contributed by atoms with Crippen molar-refractivity contribution in [1.82, 2.24) is 20.0 Å². The van der Waals surface area contributed by atoms with Gasteiger partial charge in [0.2, 0.25) is 5.91 Å². The highest BCUT2D eigenvalue weighted by Gasteiger charge is 2.35. The van der Waals surface area contributed by atoms with Crippen LogP contribution in [0.2, 0.25) is 0 Å². The van der Waals surface area contributed by atoms with Crippen molar-refractivity contribution in [1.29, 1.82) is 0 Å². The molecule has 5 rings (SSSR count). The van der Waals surface area contributed by atoms with Crippen LogP contribution >= 0.6 is 11.3 Å². The molecule has 3 N–H and O–H groups in total. The number of nitrogens with zero attached hydrogens (tertiary/aromatic N) is 4. The van der Waals surface area contributed by atoms with Crippen molar-refractivity contribution < 1.29 is 31.9 Å². The van der Waals surface area contributed by atoms with Crippen LogP contribution < -0.4 is 11.2 Å². The van der Waals surface area contributed by atoms with Gasteiger partial charge >= 0.3 is 12.1 Å². The molecule has 9 nitrogen and oxygen atoms in total. The Morgan fingerprint density at radius 2 is 1.85 bits per heavy atom. The van der Waals surface area contributed by atoms with Crippen molar-refractivity contribution in [3.8, 4) is 11.3 Å². The summed E-state index contributed by atoms with van der Waals surface area (Å²) in [6.45, 7) is 22.7. The molecule has 1 fully saturated rings. The first-order valence-corrected chi connectivity index (χ1v) is 20.0. The lowest BCUT2D eigenvalue weighted by molar-refractivity contribution is -0.154. The molecule has 2 aliphatic heterocycles. The SMILES string of the molecule is C=C(C)C=N/C(=C/c1c2c3c(F)c(ccc3n1CC(F)(F)F)-c1csc(n1)CCC(=O)N1CCCC(N1)C(=O)OCC(C)(C)C2)C(C)C.CC.CC.CCN. The Balaban J connectivity index is 0.00000140. The number of ether oxygens (including phenoxy) is 1. The number of aliphatic imine (C=N–C) groups is 1. The number of benzene rings is 1. The molecule has 3 aromatic rings. The van der Waals surface area contributed by atoms with E-state index in [1.54, 1.807) is 24.6 Å². The van der Waals surface area contributed by atoms with Gasteiger partial charge in [0.15, 0.2) is 0 Å². The van der Waals surface area contributed by atoms with Crippen molar-refractivity contribution in [2.24, 2.45) is 22.1 Å². The second-order valence-electron chi connectivity index (χ2n) is 14.1. The number of fused-ring (bicyclic) bond motifs is 6. The van der Waals surface area contributed by atoms with Gasteiger partial charge in [-0.25, -0.2) is 14.8 Å². The minimum Gasteiger partial charge on any atom is -0.464 e. The summed E-state index contributed by atoms with van der Waals surface area (Å²) in [4.78, 5) is 35.3. The number of esters is 1. The van der Waals surface area contributed by atoms with Gasteiger partial charge in [0.25, 0.3) is 0 Å². The van der Waals surface area contributed by atoms with Crippen LogP contribution in [0.25, 0.3) is 28.2 Å². The van der Waals surface area contributed by atoms with E-state index in [0.717, 1.165) is 11.1 Å². The van der Waals surface area contributed by atoms with Gasteiger partial charge in [-0.05, 0) is 68.0 Å². The topological polar surface area (TPSA) is 115 Å². The lowest BCUT2D eigenvalue weighted by atomic mass is 9.84. The number of cyclic esters (lactones) is 1. The molecule has 1 aromatic carbocycles. The number of carbonyl (C=O) groups excluding carboxylic acids is 2. The van der Waals surface area contributed by atoms with Crippen LogP contribution in [-0.2, 0) is 33.7 Å². The molecule has 2 aromatic heterocycles. The van der Waals surface area contributed by atoms with Crippen LogP contribution in [-0.4, -0.2) is 64.6 Å². The van der Waals surface area contributed by atoms with Crippen molar-refractivity contribution in [2.75, 3.05) is 19.7 Å². The third-order valence-corrected chi connectivity index (χ3v) is 9.28. The molecule has 55 heavy (non-hydrogen) atoms. The van der Waals surface area contributed by atoms with E-state index in [0.29, 0.717) is 53.3 Å². The zero-order valence-corrected chi connectivity index (χ0v) is 34.9. The molecule has 2 aliphatic rings. The molecule has 0 saturated carbocycles. The quantitative estimate of drug-likeness (QED) is 0.151. The van der Waals surface area contributed by atoms with E-state index >= 15 is 4.39 Å². The minimum atomic E-state index is -4.61. The van der Waals surface area contributed by atoms with Gasteiger partial charge in [-0.1, -0.05) is 68.9 Å². The first kappa shape index (κ1) is 47.3. The highest BCUT2D eigenvalue weighted by molar-refractivity contribution is 7.09. The summed E-state index contributed by atoms with van der Waals surface area (Å²) in [5.74, 6) is -1.60. The highest BCUT2D eigenvalue weighted by Crippen LogP contribution is 2.40. The van der Waals surface area contributed by atoms with Crippen LogP contribution in [0.5, 0.6) is 0 Å². The van der Waals surface area contributed by atoms with Gasteiger partial charge in [0.1, 0.15) is 18.4 Å². The maximum absolute atomic E-state index is 16.9. The van der Waals surface area contributed by atoms with Crippen molar-refractivity contribution in [2.45, 2.75) is 120 Å². The number of nitrogens with two attached hydrogens (primary N) is 1. The summed E-state index contributed by atoms with van der Waals surface area (Å²) < 4.78 is 66.4. The molecule has 306 valence electrons. The Kier molecular flexibility index (Phi) is 18.4. The molecule has 0 aliphatic carbocycles. The average Bonchev–Trinajstić information content (AvgIpc) is 3.71. The standard InChI is InChI=1S/C35H41F4N5O3S.C2H7N.2C2H6/c1-20(2)16-40-25(21(3)4)14-28-23-15-34(5,6)19-47-33(46)24-8-7-13-44(42-24)30(45)12-11-29-41-26(17-48-29)22-9-10-27(31(23)32(22)36)43(28)18-35(37,38)39;1-2-3;2*1-2/h9-10,14,16-17,21,24,42H,1,7-8,11-13,15,18-19H2,2-6H3;2-3H2,1H3;2*1-2H3/b25-14+,40-16?;;;. The Morgan fingerprint density at radius 3 is 2.45 bits per heavy atom. The molecule has 1 unspecified atom stereocenters. The fourth-order valence-electron chi connectivity index (χ4n) is 6.00. The second-order valence-corrected chi connectivity index (χ2v) is 15.0. The molecule has 0 spiro atoms. The number of aryl methyl sites for hydroxylation is 1. The summed E-state index contributed by atoms with van der Waals surface area (Å²) in [6, 6.07) is 2.23. The number of carbonyl (C=O) groups is 2. The third-order valence-electron chi connectivity index (χ3n) is 8.37. The third kappa shape index (κ3) is 13.1. The summed E-state index contributed by atoms with van der Waals surface area (Å²) in [7, 11) is 0. The first-order valence-electron chi connectivity index (χ1n) is 19.1. The Bertz CT molecular complexity index is 1810. The van der Waals surface area contributed by atoms with Crippen LogP contribution in [0.15, 0.2) is 40.4 Å². The second kappa shape index (κ2) is 21.4. The summed E-state index contributed by atoms with van der Waals surface area (Å²) in [6.07, 6.45) is 0.138. The lowest BCUT2D eigenvalue weighted by Gasteiger charge is -2.33. The number of alkyl halides is 3. The normalized spacial score (nSPS) is 17.7. The molecule has 6 bridgehead atoms. The number of hydrazine groups is 1. The number of hydrogen-bond acceptors (Lipinski definition) is 8. The van der Waals surface area contributed by atoms with Gasteiger partial charge in [-0.15, -0.1) is 11.3 Å². The number of amides is 1. The number of aromatic nitrogens is 2. The van der Waals surface area contributed by atoms with Crippen LogP contribution in [0.1, 0.15) is 105 Å². The fraction of sp³-hybridized carbons (Fsp3) is 0.561. The van der Waals surface area contributed by atoms with E-state index in [2.05, 4.69) is 22.0 Å². The summed E-state index contributed by atoms with van der Waals surface area (Å²) in [5.41, 5.74) is 9.28. The van der Waals surface area contributed by atoms with E-state index < -0.39 is 36.0 Å². The minimum absolute atomic E-state index is 0.0461. The van der Waals surface area contributed by atoms with Gasteiger partial charge in [0, 0.05) is 58.7 Å².